The summed E-state index contributed by atoms with van der Waals surface area (Å²) in [5.41, 5.74) is -0.399. The van der Waals surface area contributed by atoms with Gasteiger partial charge in [0.2, 0.25) is 5.91 Å². The predicted molar refractivity (Wildman–Crippen MR) is 191 cm³/mol. The van der Waals surface area contributed by atoms with Crippen LogP contribution < -0.4 is 19.7 Å². The van der Waals surface area contributed by atoms with Gasteiger partial charge in [-0.05, 0) is 69.2 Å². The van der Waals surface area contributed by atoms with Gasteiger partial charge in [-0.15, -0.1) is 0 Å². The van der Waals surface area contributed by atoms with Gasteiger partial charge in [0, 0.05) is 32.1 Å². The van der Waals surface area contributed by atoms with E-state index < -0.39 is 66.2 Å². The summed E-state index contributed by atoms with van der Waals surface area (Å²) in [4.78, 5) is 53.1. The molecule has 0 spiro atoms. The average molecular weight is 741 g/mol. The number of esters is 1. The molecule has 3 aliphatic rings. The van der Waals surface area contributed by atoms with E-state index in [0.717, 1.165) is 11.1 Å². The lowest BCUT2D eigenvalue weighted by Crippen LogP contribution is -2.63. The van der Waals surface area contributed by atoms with Gasteiger partial charge in [-0.25, -0.2) is 9.59 Å². The number of ketones is 1. The Bertz CT molecular complexity index is 1760. The highest BCUT2D eigenvalue weighted by Gasteiger charge is 2.64. The molecule has 0 radical (unpaired) electrons. The number of nitrogens with zero attached hydrogens (tertiary/aromatic N) is 1. The zero-order valence-electron chi connectivity index (χ0n) is 30.3. The summed E-state index contributed by atoms with van der Waals surface area (Å²) in [6.45, 7) is 6.39. The molecule has 13 nitrogen and oxygen atoms in total. The van der Waals surface area contributed by atoms with Crippen molar-refractivity contribution >= 4 is 41.0 Å². The highest BCUT2D eigenvalue weighted by molar-refractivity contribution is 6.35. The fourth-order valence-corrected chi connectivity index (χ4v) is 7.04. The molecule has 14 heteroatoms. The smallest absolute Gasteiger partial charge is 0.409 e. The summed E-state index contributed by atoms with van der Waals surface area (Å²) < 4.78 is 34.6. The normalized spacial score (nSPS) is 30.8. The van der Waals surface area contributed by atoms with Crippen molar-refractivity contribution in [2.45, 2.75) is 82.7 Å². The van der Waals surface area contributed by atoms with Crippen molar-refractivity contribution in [2.75, 3.05) is 32.8 Å². The summed E-state index contributed by atoms with van der Waals surface area (Å²) in [5, 5.41) is 14.4. The molecule has 52 heavy (non-hydrogen) atoms. The largest absolute Gasteiger partial charge is 0.495 e. The number of halogens is 1. The monoisotopic (exact) mass is 740 g/mol. The molecule has 2 N–H and O–H groups in total. The molecule has 0 aromatic heterocycles. The van der Waals surface area contributed by atoms with E-state index in [1.807, 2.05) is 13.0 Å². The second-order valence-corrected chi connectivity index (χ2v) is 14.0. The first kappa shape index (κ1) is 38.8. The van der Waals surface area contributed by atoms with E-state index in [2.05, 4.69) is 5.32 Å². The first-order valence-corrected chi connectivity index (χ1v) is 17.3. The van der Waals surface area contributed by atoms with Crippen LogP contribution in [0.4, 0.5) is 10.5 Å². The molecule has 280 valence electrons. The minimum Gasteiger partial charge on any atom is -0.495 e. The molecule has 2 aromatic carbocycles. The second kappa shape index (κ2) is 15.7. The number of epoxide rings is 1. The number of rotatable bonds is 7. The molecule has 4 bridgehead atoms. The number of benzene rings is 2. The standard InChI is InChI=1S/C38H45ClN2O11/c1-21-9-8-10-30(48-7)38(46)19-29(50-36(45)40-38)22(2)35-37(4,52-35)31(51-33(44)20-49-26-13-11-25(12-14-26)23(3)42)18-32(43)41(5)27-16-24(15-21)17-28(47-6)34(27)39/h8-14,16-17,22,29-31,35,46H,15,18-20H2,1-7H3,(H,40,45)/b10-8+,21-9+/t22?,29-,30+,31-,35?,37?,38-/m0/s1. The highest BCUT2D eigenvalue weighted by Crippen LogP contribution is 2.49. The van der Waals surface area contributed by atoms with Crippen LogP contribution in [-0.2, 0) is 35.0 Å². The molecule has 5 rings (SSSR count). The number of allylic oxidation sites excluding steroid dienone is 3. The third-order valence-electron chi connectivity index (χ3n) is 9.84. The molecule has 3 aliphatic heterocycles. The molecule has 2 saturated heterocycles. The minimum atomic E-state index is -1.82. The van der Waals surface area contributed by atoms with Gasteiger partial charge in [-0.1, -0.05) is 42.3 Å². The maximum Gasteiger partial charge on any atom is 0.409 e. The van der Waals surface area contributed by atoms with Crippen LogP contribution in [0.2, 0.25) is 5.02 Å². The van der Waals surface area contributed by atoms with Gasteiger partial charge in [-0.2, -0.15) is 0 Å². The average Bonchev–Trinajstić information content (AvgIpc) is 3.80. The zero-order valence-corrected chi connectivity index (χ0v) is 31.0. The number of aliphatic hydroxyl groups is 1. The van der Waals surface area contributed by atoms with Crippen LogP contribution in [0.5, 0.6) is 11.5 Å². The zero-order chi connectivity index (χ0) is 38.0. The van der Waals surface area contributed by atoms with Crippen molar-refractivity contribution < 1.29 is 52.7 Å². The summed E-state index contributed by atoms with van der Waals surface area (Å²) in [6, 6.07) is 9.89. The van der Waals surface area contributed by atoms with Crippen molar-refractivity contribution in [1.29, 1.82) is 0 Å². The lowest BCUT2D eigenvalue weighted by molar-refractivity contribution is -0.156. The predicted octanol–water partition coefficient (Wildman–Crippen LogP) is 4.95. The van der Waals surface area contributed by atoms with Gasteiger partial charge in [0.25, 0.3) is 0 Å². The molecular formula is C38H45ClN2O11. The summed E-state index contributed by atoms with van der Waals surface area (Å²) >= 11 is 6.73. The SMILES string of the molecule is COc1cc2cc(c1Cl)N(C)C(=O)C[C@H](OC(=O)COc1ccc(C(C)=O)cc1)C1(C)OC1C(C)[C@@H]1C[C@@](O)(NC(=O)O1)[C@H](OC)/C=C/C=C(\C)C2. The fourth-order valence-electron chi connectivity index (χ4n) is 6.73. The lowest BCUT2D eigenvalue weighted by Gasteiger charge is -2.42. The maximum atomic E-state index is 14.0. The second-order valence-electron chi connectivity index (χ2n) is 13.6. The number of alkyl carbamates (subject to hydrolysis) is 1. The van der Waals surface area contributed by atoms with Crippen molar-refractivity contribution in [3.8, 4) is 11.5 Å². The van der Waals surface area contributed by atoms with E-state index in [1.165, 1.54) is 26.0 Å². The van der Waals surface area contributed by atoms with Crippen molar-refractivity contribution in [3.05, 3.63) is 76.3 Å². The molecule has 0 aliphatic carbocycles. The molecule has 0 saturated carbocycles. The first-order valence-electron chi connectivity index (χ1n) is 16.9. The number of carbonyl (C=O) groups excluding carboxylic acids is 4. The van der Waals surface area contributed by atoms with Gasteiger partial charge in [-0.3, -0.25) is 14.9 Å². The van der Waals surface area contributed by atoms with Gasteiger partial charge in [0.05, 0.1) is 25.3 Å². The van der Waals surface area contributed by atoms with Gasteiger partial charge >= 0.3 is 12.1 Å². The van der Waals surface area contributed by atoms with E-state index in [9.17, 15) is 24.3 Å². The number of amides is 2. The number of carbonyl (C=O) groups is 4. The quantitative estimate of drug-likeness (QED) is 0.225. The third kappa shape index (κ3) is 8.44. The number of hydrogen-bond donors (Lipinski definition) is 2. The van der Waals surface area contributed by atoms with Gasteiger partial charge in [0.1, 0.15) is 40.4 Å². The van der Waals surface area contributed by atoms with Crippen LogP contribution in [0, 0.1) is 5.92 Å². The van der Waals surface area contributed by atoms with Gasteiger partial charge in [0.15, 0.2) is 18.1 Å². The third-order valence-corrected chi connectivity index (χ3v) is 10.2. The summed E-state index contributed by atoms with van der Waals surface area (Å²) in [6.07, 6.45) is 0.984. The number of methoxy groups -OCH3 is 2. The fraction of sp³-hybridized carbons (Fsp3) is 0.474. The van der Waals surface area contributed by atoms with Crippen molar-refractivity contribution in [1.82, 2.24) is 5.32 Å². The number of Topliss-reactive ketones (excluding diaryl/α,β-unsaturated/α-hetero) is 1. The Morgan fingerprint density at radius 1 is 1.15 bits per heavy atom. The van der Waals surface area contributed by atoms with Crippen LogP contribution in [-0.4, -0.2) is 92.5 Å². The van der Waals surface area contributed by atoms with Crippen LogP contribution in [0.1, 0.15) is 56.5 Å². The Labute approximate surface area is 307 Å². The summed E-state index contributed by atoms with van der Waals surface area (Å²) in [5.74, 6) is -1.11. The van der Waals surface area contributed by atoms with E-state index in [0.29, 0.717) is 29.2 Å². The van der Waals surface area contributed by atoms with E-state index in [4.69, 9.17) is 40.0 Å². The Hall–Kier alpha value is -4.43. The van der Waals surface area contributed by atoms with Crippen molar-refractivity contribution in [2.24, 2.45) is 5.92 Å². The number of anilines is 1. The Morgan fingerprint density at radius 2 is 1.87 bits per heavy atom. The van der Waals surface area contributed by atoms with Crippen molar-refractivity contribution in [3.63, 3.8) is 0 Å². The van der Waals surface area contributed by atoms with Crippen LogP contribution in [0.25, 0.3) is 0 Å². The summed E-state index contributed by atoms with van der Waals surface area (Å²) in [7, 11) is 4.49. The molecule has 2 aromatic rings. The molecular weight excluding hydrogens is 696 g/mol. The number of ether oxygens (including phenoxy) is 6. The van der Waals surface area contributed by atoms with Crippen LogP contribution in [0.3, 0.4) is 0 Å². The lowest BCUT2D eigenvalue weighted by atomic mass is 9.83. The van der Waals surface area contributed by atoms with E-state index >= 15 is 0 Å². The first-order chi connectivity index (χ1) is 24.6. The topological polar surface area (TPSA) is 162 Å². The molecule has 3 unspecified atom stereocenters. The minimum absolute atomic E-state index is 0.0477. The van der Waals surface area contributed by atoms with Crippen LogP contribution in [0.15, 0.2) is 60.2 Å². The number of hydrogen-bond acceptors (Lipinski definition) is 11. The Balaban J connectivity index is 1.49. The molecule has 3 heterocycles. The Morgan fingerprint density at radius 3 is 2.52 bits per heavy atom. The van der Waals surface area contributed by atoms with E-state index in [1.54, 1.807) is 69.4 Å². The number of fused-ring (bicyclic) bond motifs is 5. The van der Waals surface area contributed by atoms with E-state index in [-0.39, 0.29) is 23.6 Å². The molecule has 2 amide bonds. The maximum absolute atomic E-state index is 14.0. The van der Waals surface area contributed by atoms with Gasteiger partial charge < -0.3 is 38.4 Å². The van der Waals surface area contributed by atoms with Crippen LogP contribution >= 0.6 is 11.6 Å². The molecule has 7 atom stereocenters. The molecule has 2 fully saturated rings. The Kier molecular flexibility index (Phi) is 11.7. The highest BCUT2D eigenvalue weighted by atomic mass is 35.5. The number of nitrogens with one attached hydrogen (secondary N) is 1.